The second-order valence-electron chi connectivity index (χ2n) is 13.0. The van der Waals surface area contributed by atoms with Gasteiger partial charge in [-0.1, -0.05) is 13.0 Å². The van der Waals surface area contributed by atoms with E-state index in [1.165, 1.54) is 6.04 Å². The summed E-state index contributed by atoms with van der Waals surface area (Å²) in [5, 5.41) is 7.88. The first-order valence-corrected chi connectivity index (χ1v) is 31.7. The highest BCUT2D eigenvalue weighted by Crippen LogP contribution is 2.36. The van der Waals surface area contributed by atoms with Gasteiger partial charge in [0.05, 0.1) is 9.52 Å². The molecule has 2 N–H and O–H groups in total. The summed E-state index contributed by atoms with van der Waals surface area (Å²) in [5.41, 5.74) is 0. The number of hydrogen-bond acceptors (Lipinski definition) is 10. The first-order chi connectivity index (χ1) is 20.6. The molecule has 16 heteroatoms. The van der Waals surface area contributed by atoms with Gasteiger partial charge in [0.25, 0.3) is 0 Å². The lowest BCUT2D eigenvalue weighted by molar-refractivity contribution is 0.119. The number of hydrogen-bond donors (Lipinski definition) is 2. The zero-order valence-electron chi connectivity index (χ0n) is 31.1. The summed E-state index contributed by atoms with van der Waals surface area (Å²) >= 11 is 0. The van der Waals surface area contributed by atoms with Gasteiger partial charge in [-0.05, 0) is 111 Å². The van der Waals surface area contributed by atoms with Crippen LogP contribution >= 0.6 is 0 Å². The maximum absolute atomic E-state index is 7.05. The Morgan fingerprint density at radius 3 is 1.34 bits per heavy atom. The highest BCUT2D eigenvalue weighted by Gasteiger charge is 2.54. The van der Waals surface area contributed by atoms with Crippen molar-refractivity contribution in [2.45, 2.75) is 122 Å². The van der Waals surface area contributed by atoms with Gasteiger partial charge in [-0.15, -0.1) is 0 Å². The quantitative estimate of drug-likeness (QED) is 0.0596. The summed E-state index contributed by atoms with van der Waals surface area (Å²) in [5.74, 6) is 0.374. The highest BCUT2D eigenvalue weighted by molar-refractivity contribution is 6.93. The number of nitrogens with one attached hydrogen (secondary N) is 2. The highest BCUT2D eigenvalue weighted by atomic mass is 28.5. The molecule has 266 valence electrons. The van der Waals surface area contributed by atoms with Gasteiger partial charge in [-0.3, -0.25) is 0 Å². The largest absolute Gasteiger partial charge is 0.502 e. The molecule has 0 radical (unpaired) electrons. The van der Waals surface area contributed by atoms with E-state index in [0.29, 0.717) is 32.2 Å². The van der Waals surface area contributed by atoms with Crippen molar-refractivity contribution in [1.29, 1.82) is 0 Å². The Morgan fingerprint density at radius 1 is 0.614 bits per heavy atom. The molecule has 0 aromatic rings. The van der Waals surface area contributed by atoms with Crippen LogP contribution in [-0.4, -0.2) is 119 Å². The van der Waals surface area contributed by atoms with E-state index < -0.39 is 52.1 Å². The molecule has 0 fully saturated rings. The molecule has 0 aromatic heterocycles. The lowest BCUT2D eigenvalue weighted by Crippen LogP contribution is -2.59. The molecule has 44 heavy (non-hydrogen) atoms. The minimum absolute atomic E-state index is 0.139. The fraction of sp³-hybridized carbons (Fsp3) is 1.00. The third kappa shape index (κ3) is 16.8. The molecule has 0 spiro atoms. The van der Waals surface area contributed by atoms with Crippen molar-refractivity contribution in [3.8, 4) is 0 Å². The lowest BCUT2D eigenvalue weighted by Gasteiger charge is -2.42. The van der Waals surface area contributed by atoms with E-state index in [2.05, 4.69) is 84.5 Å². The molecule has 0 heterocycles. The fourth-order valence-electron chi connectivity index (χ4n) is 6.03. The van der Waals surface area contributed by atoms with E-state index in [-0.39, 0.29) is 5.16 Å². The standard InChI is InChI=1S/C28H72N2O8Si6/c1-15-34-42(13,35-16-2)24-19-21-29-28(30-22-20-25-43(14,36-17-3)37-18-4)39-23-26-40(9,10)38-41(11,12)27(5)44(31-6,32-7)33-8/h27-30H,15-26,39H2,1-14H3. The van der Waals surface area contributed by atoms with Gasteiger partial charge >= 0.3 is 25.9 Å². The summed E-state index contributed by atoms with van der Waals surface area (Å²) < 4.78 is 48.8. The average Bonchev–Trinajstić information content (AvgIpc) is 2.94. The molecule has 0 aliphatic rings. The summed E-state index contributed by atoms with van der Waals surface area (Å²) in [6.07, 6.45) is 2.11. The van der Waals surface area contributed by atoms with E-state index in [4.69, 9.17) is 35.1 Å². The second-order valence-corrected chi connectivity index (χ2v) is 34.5. The maximum atomic E-state index is 7.05. The zero-order chi connectivity index (χ0) is 33.9. The van der Waals surface area contributed by atoms with E-state index in [0.717, 1.165) is 44.1 Å². The third-order valence-electron chi connectivity index (χ3n) is 8.43. The molecule has 0 aliphatic heterocycles. The lowest BCUT2D eigenvalue weighted by atomic mass is 10.4. The first-order valence-electron chi connectivity index (χ1n) is 17.0. The van der Waals surface area contributed by atoms with Gasteiger partial charge in [0.2, 0.25) is 0 Å². The fourth-order valence-corrected chi connectivity index (χ4v) is 29.7. The second kappa shape index (κ2) is 22.5. The molecule has 0 aliphatic carbocycles. The normalized spacial score (nSPS) is 14.8. The topological polar surface area (TPSA) is 97.9 Å². The van der Waals surface area contributed by atoms with E-state index in [9.17, 15) is 0 Å². The van der Waals surface area contributed by atoms with Crippen LogP contribution < -0.4 is 10.6 Å². The van der Waals surface area contributed by atoms with Crippen molar-refractivity contribution in [2.75, 3.05) is 60.8 Å². The van der Waals surface area contributed by atoms with E-state index >= 15 is 0 Å². The zero-order valence-corrected chi connectivity index (χ0v) is 37.5. The Morgan fingerprint density at radius 2 is 1.00 bits per heavy atom. The molecular weight excluding hydrogens is 661 g/mol. The van der Waals surface area contributed by atoms with Crippen molar-refractivity contribution in [3.05, 3.63) is 0 Å². The molecule has 0 bridgehead atoms. The van der Waals surface area contributed by atoms with Crippen LogP contribution in [-0.2, 0) is 35.1 Å². The Hall–Kier alpha value is 0.901. The van der Waals surface area contributed by atoms with Crippen LogP contribution in [0.15, 0.2) is 0 Å². The van der Waals surface area contributed by atoms with E-state index in [1.54, 1.807) is 21.3 Å². The van der Waals surface area contributed by atoms with Gasteiger partial charge in [0.1, 0.15) is 0 Å². The van der Waals surface area contributed by atoms with Crippen LogP contribution in [0, 0.1) is 0 Å². The summed E-state index contributed by atoms with van der Waals surface area (Å²) in [6, 6.07) is 4.40. The Balaban J connectivity index is 5.28. The minimum Gasteiger partial charge on any atom is -0.455 e. The van der Waals surface area contributed by atoms with Crippen molar-refractivity contribution in [1.82, 2.24) is 10.6 Å². The van der Waals surface area contributed by atoms with Crippen LogP contribution in [0.1, 0.15) is 47.5 Å². The van der Waals surface area contributed by atoms with Gasteiger partial charge in [0.15, 0.2) is 16.6 Å². The third-order valence-corrected chi connectivity index (χ3v) is 31.0. The summed E-state index contributed by atoms with van der Waals surface area (Å²) in [7, 11) is -6.38. The Bertz CT molecular complexity index is 690. The van der Waals surface area contributed by atoms with Crippen LogP contribution in [0.4, 0.5) is 0 Å². The van der Waals surface area contributed by atoms with Crippen molar-refractivity contribution in [2.24, 2.45) is 0 Å². The van der Waals surface area contributed by atoms with Crippen LogP contribution in [0.5, 0.6) is 0 Å². The molecule has 1 unspecified atom stereocenters. The molecule has 0 saturated carbocycles. The molecule has 10 nitrogen and oxygen atoms in total. The van der Waals surface area contributed by atoms with Crippen LogP contribution in [0.2, 0.25) is 68.6 Å². The summed E-state index contributed by atoms with van der Waals surface area (Å²) in [4.78, 5) is 0. The SMILES string of the molecule is CCO[Si](C)(CCCNC(NCCC[Si](C)(OCC)OCC)[SiH2]CC[Si](C)(C)O[Si](C)(C)C(C)[Si](OC)(OC)OC)OCC. The molecule has 0 rings (SSSR count). The van der Waals surface area contributed by atoms with Gasteiger partial charge in [-0.2, -0.15) is 0 Å². The molecule has 0 aromatic carbocycles. The average molecular weight is 733 g/mol. The van der Waals surface area contributed by atoms with Crippen molar-refractivity contribution >= 4 is 52.1 Å². The molecule has 1 atom stereocenters. The predicted molar refractivity (Wildman–Crippen MR) is 199 cm³/mol. The monoisotopic (exact) mass is 732 g/mol. The smallest absolute Gasteiger partial charge is 0.455 e. The molecule has 0 saturated heterocycles. The van der Waals surface area contributed by atoms with Crippen LogP contribution in [0.3, 0.4) is 0 Å². The minimum atomic E-state index is -2.77. The van der Waals surface area contributed by atoms with Gasteiger partial charge in [-0.25, -0.2) is 0 Å². The van der Waals surface area contributed by atoms with E-state index in [1.807, 2.05) is 0 Å². The molecular formula is C28H72N2O8Si6. The number of rotatable bonds is 29. The van der Waals surface area contributed by atoms with Gasteiger partial charge < -0.3 is 45.7 Å². The Kier molecular flexibility index (Phi) is 23.0. The van der Waals surface area contributed by atoms with Gasteiger partial charge in [0, 0.05) is 58.7 Å². The first kappa shape index (κ1) is 44.9. The Labute approximate surface area is 279 Å². The summed E-state index contributed by atoms with van der Waals surface area (Å²) in [6.45, 7) is 28.9. The predicted octanol–water partition coefficient (Wildman–Crippen LogP) is 5.34. The maximum Gasteiger partial charge on any atom is 0.502 e. The molecule has 0 amide bonds. The van der Waals surface area contributed by atoms with Crippen molar-refractivity contribution in [3.63, 3.8) is 0 Å². The van der Waals surface area contributed by atoms with Crippen molar-refractivity contribution < 1.29 is 35.1 Å². The van der Waals surface area contributed by atoms with Crippen LogP contribution in [0.25, 0.3) is 0 Å².